The number of non-ortho nitro benzene ring substituents is 1. The van der Waals surface area contributed by atoms with Crippen LogP contribution in [-0.2, 0) is 70.1 Å². The van der Waals surface area contributed by atoms with Crippen molar-refractivity contribution in [1.29, 1.82) is 0 Å². The number of nitro groups is 2. The Hall–Kier alpha value is -10.2. The van der Waals surface area contributed by atoms with Crippen LogP contribution in [0.5, 0.6) is 11.5 Å². The topological polar surface area (TPSA) is 692 Å². The van der Waals surface area contributed by atoms with Crippen LogP contribution in [-0.4, -0.2) is 131 Å². The molecule has 50 heteroatoms. The predicted molar refractivity (Wildman–Crippen MR) is 312 cm³/mol. The van der Waals surface area contributed by atoms with Crippen LogP contribution in [0.1, 0.15) is 16.1 Å². The molecule has 0 saturated heterocycles. The number of hydrogen-bond acceptors (Lipinski definition) is 33. The summed E-state index contributed by atoms with van der Waals surface area (Å²) in [6.07, 6.45) is 0. The minimum Gasteiger partial charge on any atom is -0.505 e. The molecule has 8 rings (SSSR count). The van der Waals surface area contributed by atoms with E-state index < -0.39 is 212 Å². The third-order valence-electron chi connectivity index (χ3n) is 12.1. The fraction of sp³-hybridized carbons (Fsp3) is 0.0455. The second-order valence-corrected chi connectivity index (χ2v) is 27.0. The van der Waals surface area contributed by atoms with Gasteiger partial charge in [-0.25, -0.2) is 14.7 Å². The van der Waals surface area contributed by atoms with Gasteiger partial charge >= 0.3 is 5.97 Å². The number of nitrogen functional groups attached to an aromatic ring is 1. The fourth-order valence-corrected chi connectivity index (χ4v) is 12.5. The highest BCUT2D eigenvalue weighted by Gasteiger charge is 2.31. The van der Waals surface area contributed by atoms with Gasteiger partial charge in [-0.1, -0.05) is 5.04 Å². The van der Waals surface area contributed by atoms with Gasteiger partial charge in [0.2, 0.25) is 0 Å². The lowest BCUT2D eigenvalue weighted by atomic mass is 10.0. The van der Waals surface area contributed by atoms with Crippen molar-refractivity contribution in [3.8, 4) is 17.2 Å². The molecule has 43 nitrogen and oxygen atoms in total. The number of phenolic OH excluding ortho intramolecular Hbond substituents is 2. The van der Waals surface area contributed by atoms with Crippen LogP contribution in [0.15, 0.2) is 165 Å². The standard InChI is InChI=1S/C27H20N8O19S5.C17H13N5O11S2/c1-29-33-24-20(58(47,48)49)8-12-11(25(24)36)3-5-15(27(12)59(50,51)52)31-32-16-9-18(56(41,42)43)13-7-17(55-54-53-40)23(26(37)21(13)22(16)28)34-30-14-4-2-10(35(38)39)6-19(14)57(44,45)46;1-8-6-11(13(35(31,32)33)7-12(8)22(26)27)18-19-14-15(17(24)25)20-21(16(14)23)9-2-4-10(5-3-9)34(28,29)30/h2-9,36-37,40H,28H2,1H3,(H,41,42,43)(H,44,45,46)(H,47,48,49)(H,50,51,52);2-7,20H,1H3,(H,24,25)(H,28,29,30)(H,31,32,33). The van der Waals surface area contributed by atoms with Crippen LogP contribution in [0.2, 0.25) is 0 Å². The summed E-state index contributed by atoms with van der Waals surface area (Å²) in [5, 5.41) is 94.2. The van der Waals surface area contributed by atoms with Crippen molar-refractivity contribution >= 4 is 157 Å². The molecule has 1 heterocycles. The molecule has 0 amide bonds. The van der Waals surface area contributed by atoms with Gasteiger partial charge in [0.15, 0.2) is 22.9 Å². The number of nitrogens with one attached hydrogen (secondary N) is 1. The van der Waals surface area contributed by atoms with Crippen molar-refractivity contribution in [3.05, 3.63) is 127 Å². The Morgan fingerprint density at radius 3 is 1.67 bits per heavy atom. The van der Waals surface area contributed by atoms with Gasteiger partial charge < -0.3 is 21.1 Å². The third kappa shape index (κ3) is 15.2. The van der Waals surface area contributed by atoms with E-state index >= 15 is 0 Å². The number of nitrogens with two attached hydrogens (primary N) is 1. The summed E-state index contributed by atoms with van der Waals surface area (Å²) >= 11 is 0.0109. The van der Waals surface area contributed by atoms with E-state index in [1.54, 1.807) is 0 Å². The number of fused-ring (bicyclic) bond motifs is 2. The van der Waals surface area contributed by atoms with E-state index in [-0.39, 0.29) is 23.3 Å². The number of anilines is 1. The molecule has 0 spiro atoms. The highest BCUT2D eigenvalue weighted by atomic mass is 32.2. The van der Waals surface area contributed by atoms with Crippen LogP contribution >= 0.6 is 12.0 Å². The van der Waals surface area contributed by atoms with E-state index in [9.17, 15) is 118 Å². The summed E-state index contributed by atoms with van der Waals surface area (Å²) in [6.45, 7) is 1.24. The molecule has 0 atom stereocenters. The molecule has 0 unspecified atom stereocenters. The van der Waals surface area contributed by atoms with Crippen LogP contribution in [0.3, 0.4) is 0 Å². The van der Waals surface area contributed by atoms with Crippen molar-refractivity contribution in [3.63, 3.8) is 0 Å². The zero-order valence-electron chi connectivity index (χ0n) is 45.6. The van der Waals surface area contributed by atoms with Crippen molar-refractivity contribution in [2.75, 3.05) is 12.8 Å². The number of carboxylic acid groups (broad SMARTS) is 1. The molecule has 0 aliphatic heterocycles. The summed E-state index contributed by atoms with van der Waals surface area (Å²) < 4.78 is 208. The predicted octanol–water partition coefficient (Wildman–Crippen LogP) is 7.84. The van der Waals surface area contributed by atoms with Crippen molar-refractivity contribution in [1.82, 2.24) is 9.78 Å². The fourth-order valence-electron chi connectivity index (χ4n) is 8.13. The Bertz CT molecular complexity index is 5490. The monoisotopic (exact) mass is 1450 g/mol. The molecule has 0 bridgehead atoms. The van der Waals surface area contributed by atoms with Crippen LogP contribution in [0.25, 0.3) is 27.2 Å². The molecular weight excluding hydrogens is 1420 g/mol. The van der Waals surface area contributed by atoms with Gasteiger partial charge in [-0.05, 0) is 73.7 Å². The first kappa shape index (κ1) is 71.3. The molecule has 0 fully saturated rings. The number of aromatic amines is 1. The Labute approximate surface area is 525 Å². The molecule has 94 heavy (non-hydrogen) atoms. The Balaban J connectivity index is 0.000000303. The molecule has 496 valence electrons. The van der Waals surface area contributed by atoms with Gasteiger partial charge in [-0.15, -0.1) is 35.0 Å². The SMILES string of the molecule is CN=Nc1c(S(=O)(=O)O)cc2c(S(=O)(=O)O)c(N=Nc3cc(S(=O)(=O)O)c4cc(SOOO)c(N=Nc5ccc([N+](=O)[O-])cc5S(=O)(=O)O)c(O)c4c3N)ccc2c1O.Cc1cc(N=Nc2c(C(=O)O)[nH]n(-c3ccc(S(=O)(=O)O)cc3)c2=O)c(S(=O)(=O)O)cc1[N+](=O)[O-]. The first-order chi connectivity index (χ1) is 43.4. The largest absolute Gasteiger partial charge is 0.505 e. The highest BCUT2D eigenvalue weighted by molar-refractivity contribution is 7.94. The summed E-state index contributed by atoms with van der Waals surface area (Å²) in [6, 6.07) is 11.0. The number of azo groups is 4. The lowest BCUT2D eigenvalue weighted by molar-refractivity contribution is -0.432. The Kier molecular flexibility index (Phi) is 20.0. The summed E-state index contributed by atoms with van der Waals surface area (Å²) in [5.41, 5.74) is -3.40. The number of rotatable bonds is 20. The zero-order valence-corrected chi connectivity index (χ0v) is 51.3. The average Bonchev–Trinajstić information content (AvgIpc) is 0.936. The Morgan fingerprint density at radius 2 is 1.14 bits per heavy atom. The molecule has 0 radical (unpaired) electrons. The van der Waals surface area contributed by atoms with Crippen molar-refractivity contribution < 1.29 is 122 Å². The Morgan fingerprint density at radius 1 is 0.585 bits per heavy atom. The number of H-pyrrole nitrogens is 1. The second-order valence-electron chi connectivity index (χ2n) is 17.9. The number of hydrogen-bond donors (Lipinski definition) is 12. The van der Waals surface area contributed by atoms with Crippen LogP contribution in [0, 0.1) is 27.2 Å². The molecule has 8 aromatic rings. The number of benzene rings is 7. The van der Waals surface area contributed by atoms with Crippen molar-refractivity contribution in [2.45, 2.75) is 41.2 Å². The van der Waals surface area contributed by atoms with Gasteiger partial charge in [0, 0.05) is 47.0 Å². The molecule has 0 aliphatic carbocycles. The quantitative estimate of drug-likeness (QED) is 0.00657. The van der Waals surface area contributed by atoms with E-state index in [4.69, 9.17) is 15.5 Å². The van der Waals surface area contributed by atoms with Gasteiger partial charge in [0.1, 0.15) is 58.6 Å². The minimum absolute atomic E-state index is 0.0109. The minimum atomic E-state index is -5.47. The van der Waals surface area contributed by atoms with E-state index in [0.29, 0.717) is 28.9 Å². The number of aromatic hydroxyl groups is 2. The number of aromatic nitrogens is 2. The lowest BCUT2D eigenvalue weighted by Crippen LogP contribution is -2.14. The number of nitrogens with zero attached hydrogens (tertiary/aromatic N) is 11. The highest BCUT2D eigenvalue weighted by Crippen LogP contribution is 2.51. The number of nitro benzene ring substituents is 2. The molecular formula is C44H33N13O30S7. The summed E-state index contributed by atoms with van der Waals surface area (Å²) in [4.78, 5) is 38.1. The molecule has 0 aliphatic rings. The van der Waals surface area contributed by atoms with E-state index in [1.165, 1.54) is 6.92 Å². The maximum atomic E-state index is 12.8. The molecule has 7 aromatic carbocycles. The smallest absolute Gasteiger partial charge is 0.356 e. The first-order valence-electron chi connectivity index (χ1n) is 23.7. The summed E-state index contributed by atoms with van der Waals surface area (Å²) in [7, 11) is -29.8. The number of carboxylic acids is 1. The van der Waals surface area contributed by atoms with E-state index in [2.05, 4.69) is 55.4 Å². The van der Waals surface area contributed by atoms with Crippen LogP contribution in [0.4, 0.5) is 56.9 Å². The van der Waals surface area contributed by atoms with Gasteiger partial charge in [0.25, 0.3) is 77.6 Å². The average molecular weight is 1450 g/mol. The van der Waals surface area contributed by atoms with E-state index in [0.717, 1.165) is 67.7 Å². The zero-order chi connectivity index (χ0) is 70.3. The normalized spacial score (nSPS) is 12.8. The number of aryl methyl sites for hydroxylation is 1. The third-order valence-corrected chi connectivity index (χ3v) is 18.0. The second kappa shape index (κ2) is 26.4. The maximum absolute atomic E-state index is 12.8. The number of aromatic carboxylic acids is 1. The van der Waals surface area contributed by atoms with Gasteiger partial charge in [-0.2, -0.15) is 60.7 Å². The van der Waals surface area contributed by atoms with Gasteiger partial charge in [0.05, 0.1) is 48.4 Å². The molecule has 13 N–H and O–H groups in total. The number of carbonyl (C=O) groups is 1. The molecule has 0 saturated carbocycles. The van der Waals surface area contributed by atoms with E-state index in [1.807, 2.05) is 0 Å². The first-order valence-corrected chi connectivity index (χ1v) is 33.1. The number of phenols is 2. The summed E-state index contributed by atoms with van der Waals surface area (Å²) in [5.74, 6) is -3.85. The lowest BCUT2D eigenvalue weighted by Gasteiger charge is -2.15. The van der Waals surface area contributed by atoms with Gasteiger partial charge in [-0.3, -0.25) is 57.4 Å². The van der Waals surface area contributed by atoms with Crippen LogP contribution < -0.4 is 11.3 Å². The molecule has 1 aromatic heterocycles. The van der Waals surface area contributed by atoms with Crippen molar-refractivity contribution in [2.24, 2.45) is 40.9 Å². The maximum Gasteiger partial charge on any atom is 0.356 e.